The Hall–Kier alpha value is -1.15. The summed E-state index contributed by atoms with van der Waals surface area (Å²) in [4.78, 5) is 2.39. The van der Waals surface area contributed by atoms with Gasteiger partial charge >= 0.3 is 0 Å². The molecule has 1 fully saturated rings. The number of hydrogen-bond acceptors (Lipinski definition) is 5. The summed E-state index contributed by atoms with van der Waals surface area (Å²) in [6, 6.07) is 5.31. The minimum atomic E-state index is -3.59. The maximum absolute atomic E-state index is 12.6. The zero-order chi connectivity index (χ0) is 16.9. The van der Waals surface area contributed by atoms with E-state index < -0.39 is 10.0 Å². The van der Waals surface area contributed by atoms with Crippen molar-refractivity contribution in [2.45, 2.75) is 24.7 Å². The van der Waals surface area contributed by atoms with E-state index in [-0.39, 0.29) is 10.8 Å². The average Bonchev–Trinajstić information content (AvgIpc) is 2.55. The van der Waals surface area contributed by atoms with Gasteiger partial charge in [-0.1, -0.05) is 19.9 Å². The summed E-state index contributed by atoms with van der Waals surface area (Å²) in [6.07, 6.45) is 0. The van der Waals surface area contributed by atoms with Gasteiger partial charge in [-0.15, -0.1) is 0 Å². The minimum Gasteiger partial charge on any atom is -0.495 e. The molecule has 1 heterocycles. The Bertz CT molecular complexity index is 611. The third kappa shape index (κ3) is 4.91. The van der Waals surface area contributed by atoms with Gasteiger partial charge in [-0.2, -0.15) is 0 Å². The van der Waals surface area contributed by atoms with Gasteiger partial charge in [0.25, 0.3) is 0 Å². The lowest BCUT2D eigenvalue weighted by molar-refractivity contribution is 0.0390. The van der Waals surface area contributed by atoms with Crippen LogP contribution in [0.1, 0.15) is 25.3 Å². The highest BCUT2D eigenvalue weighted by Crippen LogP contribution is 2.27. The predicted octanol–water partition coefficient (Wildman–Crippen LogP) is 1.43. The Labute approximate surface area is 138 Å². The normalized spacial score (nSPS) is 16.7. The number of nitrogens with zero attached hydrogens (tertiary/aromatic N) is 1. The molecule has 0 spiro atoms. The Morgan fingerprint density at radius 1 is 1.30 bits per heavy atom. The molecule has 0 amide bonds. The molecule has 1 aliphatic heterocycles. The molecule has 1 aromatic rings. The lowest BCUT2D eigenvalue weighted by atomic mass is 10.0. The average molecular weight is 342 g/mol. The molecular formula is C16H26N2O4S. The summed E-state index contributed by atoms with van der Waals surface area (Å²) in [6.45, 7) is 8.20. The van der Waals surface area contributed by atoms with Crippen molar-refractivity contribution < 1.29 is 17.9 Å². The van der Waals surface area contributed by atoms with E-state index in [4.69, 9.17) is 9.47 Å². The van der Waals surface area contributed by atoms with Gasteiger partial charge in [0.2, 0.25) is 10.0 Å². The lowest BCUT2D eigenvalue weighted by Gasteiger charge is -2.26. The summed E-state index contributed by atoms with van der Waals surface area (Å²) in [5.41, 5.74) is 0.972. The van der Waals surface area contributed by atoms with Crippen molar-refractivity contribution in [2.75, 3.05) is 46.5 Å². The van der Waals surface area contributed by atoms with Crippen LogP contribution < -0.4 is 9.46 Å². The second-order valence-electron chi connectivity index (χ2n) is 5.92. The molecule has 2 rings (SSSR count). The predicted molar refractivity (Wildman–Crippen MR) is 89.5 cm³/mol. The van der Waals surface area contributed by atoms with Crippen LogP contribution in [-0.4, -0.2) is 59.8 Å². The SMILES string of the molecule is COc1ccc(C(C)C)cc1S(=O)(=O)NCCN1CCOCC1. The number of methoxy groups -OCH3 is 1. The molecule has 23 heavy (non-hydrogen) atoms. The quantitative estimate of drug-likeness (QED) is 0.812. The topological polar surface area (TPSA) is 67.9 Å². The van der Waals surface area contributed by atoms with Crippen molar-refractivity contribution in [1.82, 2.24) is 9.62 Å². The van der Waals surface area contributed by atoms with E-state index in [1.165, 1.54) is 7.11 Å². The molecule has 7 heteroatoms. The molecule has 0 radical (unpaired) electrons. The summed E-state index contributed by atoms with van der Waals surface area (Å²) >= 11 is 0. The number of ether oxygens (including phenoxy) is 2. The molecule has 0 unspecified atom stereocenters. The summed E-state index contributed by atoms with van der Waals surface area (Å²) in [5, 5.41) is 0. The van der Waals surface area contributed by atoms with Gasteiger partial charge < -0.3 is 9.47 Å². The van der Waals surface area contributed by atoms with Gasteiger partial charge in [-0.05, 0) is 23.6 Å². The largest absolute Gasteiger partial charge is 0.495 e. The molecule has 1 saturated heterocycles. The Morgan fingerprint density at radius 2 is 2.00 bits per heavy atom. The van der Waals surface area contributed by atoms with Gasteiger partial charge in [-0.25, -0.2) is 13.1 Å². The zero-order valence-electron chi connectivity index (χ0n) is 14.0. The van der Waals surface area contributed by atoms with E-state index in [0.717, 1.165) is 18.7 Å². The Balaban J connectivity index is 2.06. The first-order valence-corrected chi connectivity index (χ1v) is 9.40. The van der Waals surface area contributed by atoms with E-state index in [1.807, 2.05) is 19.9 Å². The molecule has 1 aromatic carbocycles. The first kappa shape index (κ1) is 18.2. The van der Waals surface area contributed by atoms with Crippen LogP contribution in [0, 0.1) is 0 Å². The first-order valence-electron chi connectivity index (χ1n) is 7.91. The molecule has 130 valence electrons. The van der Waals surface area contributed by atoms with E-state index in [1.54, 1.807) is 12.1 Å². The summed E-state index contributed by atoms with van der Waals surface area (Å²) in [7, 11) is -2.11. The highest BCUT2D eigenvalue weighted by atomic mass is 32.2. The second kappa shape index (κ2) is 8.10. The molecule has 0 saturated carbocycles. The Kier molecular flexibility index (Phi) is 6.41. The maximum atomic E-state index is 12.6. The van der Waals surface area contributed by atoms with Gasteiger partial charge in [0, 0.05) is 26.2 Å². The molecule has 1 aliphatic rings. The molecule has 1 N–H and O–H groups in total. The van der Waals surface area contributed by atoms with E-state index >= 15 is 0 Å². The second-order valence-corrected chi connectivity index (χ2v) is 7.65. The van der Waals surface area contributed by atoms with E-state index in [9.17, 15) is 8.42 Å². The number of sulfonamides is 1. The molecule has 0 atom stereocenters. The molecular weight excluding hydrogens is 316 g/mol. The van der Waals surface area contributed by atoms with Crippen LogP contribution in [0.25, 0.3) is 0 Å². The van der Waals surface area contributed by atoms with Crippen molar-refractivity contribution >= 4 is 10.0 Å². The van der Waals surface area contributed by atoms with E-state index in [0.29, 0.717) is 32.1 Å². The van der Waals surface area contributed by atoms with Crippen LogP contribution in [-0.2, 0) is 14.8 Å². The van der Waals surface area contributed by atoms with Crippen LogP contribution in [0.15, 0.2) is 23.1 Å². The Morgan fingerprint density at radius 3 is 2.61 bits per heavy atom. The van der Waals surface area contributed by atoms with Crippen LogP contribution in [0.4, 0.5) is 0 Å². The van der Waals surface area contributed by atoms with Crippen LogP contribution in [0.5, 0.6) is 5.75 Å². The fraction of sp³-hybridized carbons (Fsp3) is 0.625. The van der Waals surface area contributed by atoms with Gasteiger partial charge in [0.15, 0.2) is 0 Å². The van der Waals surface area contributed by atoms with Gasteiger partial charge in [-0.3, -0.25) is 4.90 Å². The molecule has 0 bridgehead atoms. The number of rotatable bonds is 7. The third-order valence-corrected chi connectivity index (χ3v) is 5.45. The number of hydrogen-bond donors (Lipinski definition) is 1. The third-order valence-electron chi connectivity index (χ3n) is 3.97. The van der Waals surface area contributed by atoms with Crippen molar-refractivity contribution in [3.05, 3.63) is 23.8 Å². The van der Waals surface area contributed by atoms with Crippen molar-refractivity contribution in [1.29, 1.82) is 0 Å². The summed E-state index contributed by atoms with van der Waals surface area (Å²) in [5.74, 6) is 0.622. The molecule has 0 aromatic heterocycles. The highest BCUT2D eigenvalue weighted by molar-refractivity contribution is 7.89. The van der Waals surface area contributed by atoms with Gasteiger partial charge in [0.05, 0.1) is 20.3 Å². The molecule has 0 aliphatic carbocycles. The fourth-order valence-electron chi connectivity index (χ4n) is 2.50. The van der Waals surface area contributed by atoms with Crippen molar-refractivity contribution in [3.63, 3.8) is 0 Å². The minimum absolute atomic E-state index is 0.202. The smallest absolute Gasteiger partial charge is 0.244 e. The molecule has 6 nitrogen and oxygen atoms in total. The van der Waals surface area contributed by atoms with Crippen LogP contribution in [0.3, 0.4) is 0 Å². The van der Waals surface area contributed by atoms with Crippen LogP contribution >= 0.6 is 0 Å². The fourth-order valence-corrected chi connectivity index (χ4v) is 3.73. The summed E-state index contributed by atoms with van der Waals surface area (Å²) < 4.78 is 38.4. The van der Waals surface area contributed by atoms with Crippen molar-refractivity contribution in [3.8, 4) is 5.75 Å². The maximum Gasteiger partial charge on any atom is 0.244 e. The van der Waals surface area contributed by atoms with Crippen LogP contribution in [0.2, 0.25) is 0 Å². The lowest BCUT2D eigenvalue weighted by Crippen LogP contribution is -2.41. The highest BCUT2D eigenvalue weighted by Gasteiger charge is 2.21. The van der Waals surface area contributed by atoms with Gasteiger partial charge in [0.1, 0.15) is 10.6 Å². The van der Waals surface area contributed by atoms with Crippen molar-refractivity contribution in [2.24, 2.45) is 0 Å². The first-order chi connectivity index (χ1) is 10.9. The zero-order valence-corrected chi connectivity index (χ0v) is 14.9. The number of nitrogens with one attached hydrogen (secondary N) is 1. The number of benzene rings is 1. The number of morpholine rings is 1. The monoisotopic (exact) mass is 342 g/mol. The standard InChI is InChI=1S/C16H26N2O4S/c1-13(2)14-4-5-15(21-3)16(12-14)23(19,20)17-6-7-18-8-10-22-11-9-18/h4-5,12-13,17H,6-11H2,1-3H3. The van der Waals surface area contributed by atoms with E-state index in [2.05, 4.69) is 9.62 Å².